The molecule has 2 N–H and O–H groups in total. The van der Waals surface area contributed by atoms with Crippen LogP contribution in [0, 0.1) is 20.8 Å². The predicted molar refractivity (Wildman–Crippen MR) is 125 cm³/mol. The molecule has 0 radical (unpaired) electrons. The molecular formula is C23H24N6O2S. The summed E-state index contributed by atoms with van der Waals surface area (Å²) in [5, 5.41) is 12.3. The molecule has 4 aromatic rings. The molecule has 8 nitrogen and oxygen atoms in total. The number of nitrogens with zero attached hydrogens (tertiary/aromatic N) is 4. The number of fused-ring (bicyclic) bond motifs is 1. The fourth-order valence-corrected chi connectivity index (χ4v) is 4.61. The van der Waals surface area contributed by atoms with Crippen molar-refractivity contribution in [2.75, 3.05) is 25.0 Å². The van der Waals surface area contributed by atoms with Crippen molar-refractivity contribution in [3.8, 4) is 0 Å². The summed E-state index contributed by atoms with van der Waals surface area (Å²) in [6, 6.07) is 9.89. The third-order valence-corrected chi connectivity index (χ3v) is 6.28. The number of carbonyl (C=O) groups excluding carboxylic acids is 1. The van der Waals surface area contributed by atoms with E-state index >= 15 is 0 Å². The number of hydrogen-bond donors (Lipinski definition) is 2. The molecule has 5 rings (SSSR count). The molecule has 0 aliphatic carbocycles. The number of H-pyrrole nitrogens is 1. The Morgan fingerprint density at radius 3 is 2.94 bits per heavy atom. The summed E-state index contributed by atoms with van der Waals surface area (Å²) < 4.78 is 6.01. The van der Waals surface area contributed by atoms with Crippen molar-refractivity contribution in [1.82, 2.24) is 25.1 Å². The van der Waals surface area contributed by atoms with Crippen molar-refractivity contribution in [3.05, 3.63) is 64.1 Å². The van der Waals surface area contributed by atoms with Crippen molar-refractivity contribution >= 4 is 39.0 Å². The van der Waals surface area contributed by atoms with E-state index in [2.05, 4.69) is 25.5 Å². The van der Waals surface area contributed by atoms with Crippen LogP contribution < -0.4 is 5.32 Å². The van der Waals surface area contributed by atoms with Gasteiger partial charge in [0.2, 0.25) is 0 Å². The lowest BCUT2D eigenvalue weighted by Crippen LogP contribution is -2.42. The van der Waals surface area contributed by atoms with Crippen molar-refractivity contribution in [2.24, 2.45) is 0 Å². The summed E-state index contributed by atoms with van der Waals surface area (Å²) in [4.78, 5) is 25.3. The summed E-state index contributed by atoms with van der Waals surface area (Å²) in [5.74, 6) is -0.0978. The van der Waals surface area contributed by atoms with E-state index in [9.17, 15) is 4.79 Å². The van der Waals surface area contributed by atoms with E-state index in [1.807, 2.05) is 57.3 Å². The number of thiazole rings is 1. The lowest BCUT2D eigenvalue weighted by molar-refractivity contribution is -0.0248. The van der Waals surface area contributed by atoms with Gasteiger partial charge in [-0.25, -0.2) is 4.98 Å². The quantitative estimate of drug-likeness (QED) is 0.483. The Morgan fingerprint density at radius 1 is 1.25 bits per heavy atom. The van der Waals surface area contributed by atoms with Gasteiger partial charge < -0.3 is 15.0 Å². The number of aromatic nitrogens is 4. The fraction of sp³-hybridized carbons (Fsp3) is 0.304. The first kappa shape index (κ1) is 20.6. The van der Waals surface area contributed by atoms with Crippen LogP contribution in [0.2, 0.25) is 0 Å². The minimum Gasteiger partial charge on any atom is -0.368 e. The summed E-state index contributed by atoms with van der Waals surface area (Å²) >= 11 is 1.60. The van der Waals surface area contributed by atoms with Gasteiger partial charge in [0.25, 0.3) is 5.91 Å². The third-order valence-electron chi connectivity index (χ3n) is 5.45. The minimum absolute atomic E-state index is 0.0978. The van der Waals surface area contributed by atoms with E-state index < -0.39 is 0 Å². The minimum atomic E-state index is -0.307. The zero-order chi connectivity index (χ0) is 22.2. The average Bonchev–Trinajstić information content (AvgIpc) is 3.38. The van der Waals surface area contributed by atoms with E-state index in [1.165, 1.54) is 0 Å². The molecular weight excluding hydrogens is 424 g/mol. The van der Waals surface area contributed by atoms with Crippen LogP contribution in [-0.4, -0.2) is 50.7 Å². The monoisotopic (exact) mass is 448 g/mol. The number of ether oxygens (including phenoxy) is 1. The summed E-state index contributed by atoms with van der Waals surface area (Å²) in [7, 11) is 0. The highest BCUT2D eigenvalue weighted by Gasteiger charge is 2.29. The van der Waals surface area contributed by atoms with Gasteiger partial charge in [0.1, 0.15) is 6.10 Å². The molecule has 1 aliphatic rings. The number of carbonyl (C=O) groups is 1. The van der Waals surface area contributed by atoms with Gasteiger partial charge >= 0.3 is 0 Å². The van der Waals surface area contributed by atoms with Gasteiger partial charge in [0.15, 0.2) is 10.8 Å². The van der Waals surface area contributed by atoms with E-state index in [1.54, 1.807) is 16.2 Å². The van der Waals surface area contributed by atoms with Gasteiger partial charge in [-0.1, -0.05) is 11.6 Å². The number of amides is 1. The Hall–Kier alpha value is -3.30. The van der Waals surface area contributed by atoms with E-state index in [0.717, 1.165) is 43.6 Å². The van der Waals surface area contributed by atoms with Crippen LogP contribution in [0.15, 0.2) is 36.5 Å². The first-order chi connectivity index (χ1) is 15.5. The highest BCUT2D eigenvalue weighted by Crippen LogP contribution is 2.28. The molecule has 0 spiro atoms. The Kier molecular flexibility index (Phi) is 5.36. The molecule has 1 aromatic carbocycles. The zero-order valence-corrected chi connectivity index (χ0v) is 19.0. The standard InChI is InChI=1S/C23H24N6O2S/c1-13-4-5-18-17(8-13)21(28-27-18)22(30)29-6-7-31-20(12-29)19-10-16(9-14(2)25-19)26-23-24-11-15(3)32-23/h4-5,8-11,20H,6-7,12H2,1-3H3,(H,27,28)(H,24,25,26). The molecule has 1 atom stereocenters. The Morgan fingerprint density at radius 2 is 2.12 bits per heavy atom. The summed E-state index contributed by atoms with van der Waals surface area (Å²) in [6.07, 6.45) is 1.54. The fourth-order valence-electron chi connectivity index (χ4n) is 3.92. The van der Waals surface area contributed by atoms with Gasteiger partial charge in [-0.15, -0.1) is 11.3 Å². The van der Waals surface area contributed by atoms with Gasteiger partial charge in [0, 0.05) is 34.4 Å². The maximum absolute atomic E-state index is 13.3. The van der Waals surface area contributed by atoms with Crippen molar-refractivity contribution in [1.29, 1.82) is 0 Å². The van der Waals surface area contributed by atoms with Gasteiger partial charge in [-0.3, -0.25) is 14.9 Å². The number of aromatic amines is 1. The van der Waals surface area contributed by atoms with Crippen LogP contribution in [0.3, 0.4) is 0 Å². The Balaban J connectivity index is 1.37. The number of nitrogens with one attached hydrogen (secondary N) is 2. The molecule has 1 fully saturated rings. The number of morpholine rings is 1. The number of rotatable bonds is 4. The molecule has 0 bridgehead atoms. The lowest BCUT2D eigenvalue weighted by atomic mass is 10.1. The molecule has 0 saturated carbocycles. The topological polar surface area (TPSA) is 96.0 Å². The second kappa shape index (κ2) is 8.33. The average molecular weight is 449 g/mol. The number of aryl methyl sites for hydroxylation is 3. The Bertz CT molecular complexity index is 1300. The molecule has 32 heavy (non-hydrogen) atoms. The van der Waals surface area contributed by atoms with Crippen molar-refractivity contribution in [2.45, 2.75) is 26.9 Å². The number of pyridine rings is 1. The smallest absolute Gasteiger partial charge is 0.275 e. The maximum Gasteiger partial charge on any atom is 0.275 e. The molecule has 1 unspecified atom stereocenters. The zero-order valence-electron chi connectivity index (χ0n) is 18.2. The molecule has 1 saturated heterocycles. The lowest BCUT2D eigenvalue weighted by Gasteiger charge is -2.32. The number of benzene rings is 1. The van der Waals surface area contributed by atoms with Gasteiger partial charge in [0.05, 0.1) is 24.4 Å². The molecule has 9 heteroatoms. The second-order valence-corrected chi connectivity index (χ2v) is 9.29. The normalized spacial score (nSPS) is 16.5. The van der Waals surface area contributed by atoms with E-state index in [4.69, 9.17) is 4.74 Å². The number of anilines is 2. The Labute approximate surface area is 189 Å². The maximum atomic E-state index is 13.3. The first-order valence-electron chi connectivity index (χ1n) is 10.5. The molecule has 1 aliphatic heterocycles. The largest absolute Gasteiger partial charge is 0.368 e. The first-order valence-corrected chi connectivity index (χ1v) is 11.3. The van der Waals surface area contributed by atoms with Crippen molar-refractivity contribution in [3.63, 3.8) is 0 Å². The SMILES string of the molecule is Cc1ccc2[nH]nc(C(=O)N3CCOC(c4cc(Nc5ncc(C)s5)cc(C)n4)C3)c2c1. The highest BCUT2D eigenvalue weighted by atomic mass is 32.1. The van der Waals surface area contributed by atoms with Crippen LogP contribution in [0.5, 0.6) is 0 Å². The van der Waals surface area contributed by atoms with E-state index in [0.29, 0.717) is 25.4 Å². The summed E-state index contributed by atoms with van der Waals surface area (Å²) in [6.45, 7) is 7.37. The van der Waals surface area contributed by atoms with Crippen LogP contribution in [0.25, 0.3) is 10.9 Å². The molecule has 3 aromatic heterocycles. The van der Waals surface area contributed by atoms with Crippen LogP contribution in [0.1, 0.15) is 38.4 Å². The number of hydrogen-bond acceptors (Lipinski definition) is 7. The second-order valence-electron chi connectivity index (χ2n) is 8.05. The van der Waals surface area contributed by atoms with E-state index in [-0.39, 0.29) is 12.0 Å². The summed E-state index contributed by atoms with van der Waals surface area (Å²) in [5.41, 5.74) is 4.97. The van der Waals surface area contributed by atoms with Crippen molar-refractivity contribution < 1.29 is 9.53 Å². The van der Waals surface area contributed by atoms with Gasteiger partial charge in [-0.2, -0.15) is 5.10 Å². The van der Waals surface area contributed by atoms with Crippen LogP contribution in [-0.2, 0) is 4.74 Å². The molecule has 164 valence electrons. The highest BCUT2D eigenvalue weighted by molar-refractivity contribution is 7.15. The molecule has 4 heterocycles. The third kappa shape index (κ3) is 4.09. The van der Waals surface area contributed by atoms with Crippen LogP contribution >= 0.6 is 11.3 Å². The molecule has 1 amide bonds. The van der Waals surface area contributed by atoms with Gasteiger partial charge in [-0.05, 0) is 45.0 Å². The predicted octanol–water partition coefficient (Wildman–Crippen LogP) is 4.30. The van der Waals surface area contributed by atoms with Crippen LogP contribution in [0.4, 0.5) is 10.8 Å².